The van der Waals surface area contributed by atoms with E-state index >= 15 is 0 Å². The number of fused-ring (bicyclic) bond motifs is 1. The molecule has 1 heterocycles. The first-order valence-electron chi connectivity index (χ1n) is 8.54. The fraction of sp³-hybridized carbons (Fsp3) is 0.158. The molecule has 2 aromatic carbocycles. The SMILES string of the molecule is Cn1c(=O)cc(C(=O)Nc2ccc(S(=O)(=O)NCC(F)(F)F)cc2)c2ccccc21. The van der Waals surface area contributed by atoms with Crippen molar-refractivity contribution in [2.75, 3.05) is 11.9 Å². The van der Waals surface area contributed by atoms with Crippen LogP contribution < -0.4 is 15.6 Å². The predicted molar refractivity (Wildman–Crippen MR) is 105 cm³/mol. The summed E-state index contributed by atoms with van der Waals surface area (Å²) in [4.78, 5) is 24.4. The van der Waals surface area contributed by atoms with Gasteiger partial charge in [-0.05, 0) is 30.3 Å². The largest absolute Gasteiger partial charge is 0.402 e. The molecule has 0 saturated carbocycles. The first-order chi connectivity index (χ1) is 14.0. The number of aromatic nitrogens is 1. The molecule has 30 heavy (non-hydrogen) atoms. The van der Waals surface area contributed by atoms with Gasteiger partial charge in [0, 0.05) is 24.2 Å². The number of alkyl halides is 3. The molecule has 0 aliphatic carbocycles. The van der Waals surface area contributed by atoms with Crippen molar-refractivity contribution in [2.24, 2.45) is 7.05 Å². The lowest BCUT2D eigenvalue weighted by molar-refractivity contribution is -0.121. The number of sulfonamides is 1. The van der Waals surface area contributed by atoms with E-state index in [2.05, 4.69) is 5.32 Å². The number of nitrogens with one attached hydrogen (secondary N) is 2. The summed E-state index contributed by atoms with van der Waals surface area (Å²) in [5.74, 6) is -0.588. The van der Waals surface area contributed by atoms with Crippen molar-refractivity contribution in [2.45, 2.75) is 11.1 Å². The molecule has 0 bridgehead atoms. The van der Waals surface area contributed by atoms with Gasteiger partial charge in [0.25, 0.3) is 11.5 Å². The number of aryl methyl sites for hydroxylation is 1. The number of rotatable bonds is 5. The van der Waals surface area contributed by atoms with Crippen LogP contribution in [-0.4, -0.2) is 31.6 Å². The Morgan fingerprint density at radius 3 is 2.33 bits per heavy atom. The molecule has 0 radical (unpaired) electrons. The zero-order valence-electron chi connectivity index (χ0n) is 15.5. The van der Waals surface area contributed by atoms with Crippen molar-refractivity contribution in [1.29, 1.82) is 0 Å². The zero-order chi connectivity index (χ0) is 22.1. The van der Waals surface area contributed by atoms with Crippen LogP contribution >= 0.6 is 0 Å². The fourth-order valence-corrected chi connectivity index (χ4v) is 3.79. The monoisotopic (exact) mass is 439 g/mol. The van der Waals surface area contributed by atoms with Gasteiger partial charge < -0.3 is 9.88 Å². The van der Waals surface area contributed by atoms with E-state index in [0.717, 1.165) is 12.1 Å². The van der Waals surface area contributed by atoms with Gasteiger partial charge in [-0.15, -0.1) is 0 Å². The summed E-state index contributed by atoms with van der Waals surface area (Å²) < 4.78 is 63.4. The van der Waals surface area contributed by atoms with E-state index in [0.29, 0.717) is 10.9 Å². The molecule has 0 saturated heterocycles. The second-order valence-electron chi connectivity index (χ2n) is 6.39. The predicted octanol–water partition coefficient (Wildman–Crippen LogP) is 2.63. The summed E-state index contributed by atoms with van der Waals surface area (Å²) in [6, 6.07) is 12.6. The van der Waals surface area contributed by atoms with Crippen molar-refractivity contribution < 1.29 is 26.4 Å². The van der Waals surface area contributed by atoms with Gasteiger partial charge in [-0.1, -0.05) is 18.2 Å². The van der Waals surface area contributed by atoms with Gasteiger partial charge in [-0.2, -0.15) is 13.2 Å². The number of halogens is 3. The van der Waals surface area contributed by atoms with E-state index in [9.17, 15) is 31.2 Å². The number of anilines is 1. The highest BCUT2D eigenvalue weighted by Gasteiger charge is 2.30. The molecule has 0 fully saturated rings. The number of carbonyl (C=O) groups excluding carboxylic acids is 1. The maximum atomic E-state index is 12.7. The Morgan fingerprint density at radius 2 is 1.70 bits per heavy atom. The van der Waals surface area contributed by atoms with Crippen LogP contribution in [0.15, 0.2) is 64.3 Å². The van der Waals surface area contributed by atoms with Crippen LogP contribution in [0.25, 0.3) is 10.9 Å². The van der Waals surface area contributed by atoms with Gasteiger partial charge in [-0.25, -0.2) is 13.1 Å². The minimum absolute atomic E-state index is 0.136. The third-order valence-electron chi connectivity index (χ3n) is 4.28. The van der Waals surface area contributed by atoms with Crippen LogP contribution in [0.1, 0.15) is 10.4 Å². The Bertz CT molecular complexity index is 1270. The molecule has 11 heteroatoms. The van der Waals surface area contributed by atoms with E-state index in [-0.39, 0.29) is 21.7 Å². The normalized spacial score (nSPS) is 12.1. The van der Waals surface area contributed by atoms with E-state index in [1.54, 1.807) is 31.3 Å². The molecule has 0 aliphatic heterocycles. The molecule has 0 unspecified atom stereocenters. The molecule has 2 N–H and O–H groups in total. The van der Waals surface area contributed by atoms with Crippen molar-refractivity contribution in [3.05, 3.63) is 70.5 Å². The summed E-state index contributed by atoms with van der Waals surface area (Å²) >= 11 is 0. The summed E-state index contributed by atoms with van der Waals surface area (Å²) in [5.41, 5.74) is 0.528. The summed E-state index contributed by atoms with van der Waals surface area (Å²) in [6.45, 7) is -1.69. The van der Waals surface area contributed by atoms with E-state index in [1.165, 1.54) is 27.5 Å². The van der Waals surface area contributed by atoms with E-state index in [4.69, 9.17) is 0 Å². The molecule has 0 spiro atoms. The molecule has 158 valence electrons. The lowest BCUT2D eigenvalue weighted by Crippen LogP contribution is -2.33. The maximum Gasteiger partial charge on any atom is 0.402 e. The molecular formula is C19H16F3N3O4S. The van der Waals surface area contributed by atoms with Gasteiger partial charge >= 0.3 is 6.18 Å². The molecular weight excluding hydrogens is 423 g/mol. The van der Waals surface area contributed by atoms with Crippen molar-refractivity contribution >= 4 is 32.5 Å². The second kappa shape index (κ2) is 7.92. The minimum atomic E-state index is -4.68. The maximum absolute atomic E-state index is 12.7. The van der Waals surface area contributed by atoms with Crippen molar-refractivity contribution in [3.63, 3.8) is 0 Å². The standard InChI is InChI=1S/C19H16F3N3O4S/c1-25-16-5-3-2-4-14(16)15(10-17(25)26)18(27)24-12-6-8-13(9-7-12)30(28,29)23-11-19(20,21)22/h2-10,23H,11H2,1H3,(H,24,27). The summed E-state index contributed by atoms with van der Waals surface area (Å²) in [7, 11) is -2.78. The summed E-state index contributed by atoms with van der Waals surface area (Å²) in [6.07, 6.45) is -4.68. The van der Waals surface area contributed by atoms with Crippen molar-refractivity contribution in [3.8, 4) is 0 Å². The molecule has 3 rings (SSSR count). The quantitative estimate of drug-likeness (QED) is 0.639. The lowest BCUT2D eigenvalue weighted by Gasteiger charge is -2.12. The number of para-hydroxylation sites is 1. The number of carbonyl (C=O) groups is 1. The molecule has 3 aromatic rings. The second-order valence-corrected chi connectivity index (χ2v) is 8.16. The Labute approximate surface area is 169 Å². The highest BCUT2D eigenvalue weighted by Crippen LogP contribution is 2.20. The number of benzene rings is 2. The number of nitrogens with zero attached hydrogens (tertiary/aromatic N) is 1. The minimum Gasteiger partial charge on any atom is -0.322 e. The van der Waals surface area contributed by atoms with Crippen LogP contribution in [0.3, 0.4) is 0 Å². The van der Waals surface area contributed by atoms with Gasteiger partial charge in [0.15, 0.2) is 0 Å². The topological polar surface area (TPSA) is 97.3 Å². The number of pyridine rings is 1. The van der Waals surface area contributed by atoms with Gasteiger partial charge in [0.05, 0.1) is 16.0 Å². The van der Waals surface area contributed by atoms with Crippen LogP contribution in [0.2, 0.25) is 0 Å². The third-order valence-corrected chi connectivity index (χ3v) is 5.70. The molecule has 1 aromatic heterocycles. The lowest BCUT2D eigenvalue weighted by atomic mass is 10.1. The van der Waals surface area contributed by atoms with E-state index in [1.807, 2.05) is 0 Å². The Balaban J connectivity index is 1.83. The van der Waals surface area contributed by atoms with Gasteiger partial charge in [-0.3, -0.25) is 9.59 Å². The summed E-state index contributed by atoms with van der Waals surface area (Å²) in [5, 5.41) is 3.10. The zero-order valence-corrected chi connectivity index (χ0v) is 16.3. The third kappa shape index (κ3) is 4.69. The smallest absolute Gasteiger partial charge is 0.322 e. The Hall–Kier alpha value is -3.18. The van der Waals surface area contributed by atoms with Crippen molar-refractivity contribution in [1.82, 2.24) is 9.29 Å². The van der Waals surface area contributed by atoms with Crippen LogP contribution in [0.4, 0.5) is 18.9 Å². The fourth-order valence-electron chi connectivity index (χ4n) is 2.77. The highest BCUT2D eigenvalue weighted by atomic mass is 32.2. The Morgan fingerprint density at radius 1 is 1.07 bits per heavy atom. The first kappa shape index (κ1) is 21.5. The Kier molecular flexibility index (Phi) is 5.68. The molecule has 1 amide bonds. The average molecular weight is 439 g/mol. The molecule has 0 aliphatic rings. The number of hydrogen-bond acceptors (Lipinski definition) is 4. The molecule has 7 nitrogen and oxygen atoms in total. The molecule has 0 atom stereocenters. The number of amides is 1. The van der Waals surface area contributed by atoms with Crippen LogP contribution in [0, 0.1) is 0 Å². The number of hydrogen-bond donors (Lipinski definition) is 2. The first-order valence-corrected chi connectivity index (χ1v) is 10.0. The highest BCUT2D eigenvalue weighted by molar-refractivity contribution is 7.89. The van der Waals surface area contributed by atoms with Crippen LogP contribution in [0.5, 0.6) is 0 Å². The van der Waals surface area contributed by atoms with Crippen LogP contribution in [-0.2, 0) is 17.1 Å². The van der Waals surface area contributed by atoms with Gasteiger partial charge in [0.2, 0.25) is 10.0 Å². The van der Waals surface area contributed by atoms with E-state index < -0.39 is 28.7 Å². The van der Waals surface area contributed by atoms with Gasteiger partial charge in [0.1, 0.15) is 6.54 Å². The average Bonchev–Trinajstić information content (AvgIpc) is 2.69.